The van der Waals surface area contributed by atoms with Crippen LogP contribution in [-0.4, -0.2) is 27.9 Å². The van der Waals surface area contributed by atoms with Crippen molar-refractivity contribution in [2.75, 3.05) is 13.1 Å². The van der Waals surface area contributed by atoms with Crippen LogP contribution in [0.4, 0.5) is 0 Å². The maximum atomic E-state index is 4.24. The Kier molecular flexibility index (Phi) is 1.87. The van der Waals surface area contributed by atoms with Crippen LogP contribution in [0.25, 0.3) is 0 Å². The summed E-state index contributed by atoms with van der Waals surface area (Å²) in [6.45, 7) is 6.33. The summed E-state index contributed by atoms with van der Waals surface area (Å²) in [6, 6.07) is 0. The monoisotopic (exact) mass is 180 g/mol. The molecule has 0 aromatic carbocycles. The van der Waals surface area contributed by atoms with Gasteiger partial charge in [-0.25, -0.2) is 0 Å². The first-order valence-electron chi connectivity index (χ1n) is 4.71. The van der Waals surface area contributed by atoms with Gasteiger partial charge in [0.1, 0.15) is 11.6 Å². The zero-order chi connectivity index (χ0) is 9.47. The van der Waals surface area contributed by atoms with Crippen LogP contribution in [0, 0.1) is 6.92 Å². The molecule has 1 aromatic heterocycles. The van der Waals surface area contributed by atoms with Crippen molar-refractivity contribution in [3.8, 4) is 0 Å². The zero-order valence-electron chi connectivity index (χ0n) is 8.46. The second-order valence-corrected chi connectivity index (χ2v) is 4.12. The highest BCUT2D eigenvalue weighted by Gasteiger charge is 2.34. The molecule has 1 saturated heterocycles. The van der Waals surface area contributed by atoms with Crippen molar-refractivity contribution < 1.29 is 0 Å². The smallest absolute Gasteiger partial charge is 0.140 e. The Bertz CT molecular complexity index is 309. The molecule has 2 heterocycles. The highest BCUT2D eigenvalue weighted by Crippen LogP contribution is 2.28. The van der Waals surface area contributed by atoms with Gasteiger partial charge in [0.2, 0.25) is 0 Å². The lowest BCUT2D eigenvalue weighted by Crippen LogP contribution is -2.28. The maximum absolute atomic E-state index is 4.24. The Balaban J connectivity index is 2.39. The Hall–Kier alpha value is -0.900. The second kappa shape index (κ2) is 2.80. The molecule has 0 saturated carbocycles. The van der Waals surface area contributed by atoms with E-state index in [1.54, 1.807) is 0 Å². The fourth-order valence-electron chi connectivity index (χ4n) is 1.94. The van der Waals surface area contributed by atoms with Gasteiger partial charge in [0.25, 0.3) is 0 Å². The molecule has 1 fully saturated rings. The number of hydrogen-bond acceptors (Lipinski definition) is 3. The molecule has 1 N–H and O–H groups in total. The van der Waals surface area contributed by atoms with E-state index in [1.165, 1.54) is 0 Å². The van der Waals surface area contributed by atoms with Gasteiger partial charge in [-0.15, -0.1) is 10.2 Å². The molecule has 2 rings (SSSR count). The van der Waals surface area contributed by atoms with Crippen molar-refractivity contribution in [2.45, 2.75) is 25.7 Å². The van der Waals surface area contributed by atoms with E-state index in [9.17, 15) is 0 Å². The van der Waals surface area contributed by atoms with Crippen LogP contribution >= 0.6 is 0 Å². The third-order valence-electron chi connectivity index (χ3n) is 3.00. The van der Waals surface area contributed by atoms with Gasteiger partial charge >= 0.3 is 0 Å². The van der Waals surface area contributed by atoms with E-state index >= 15 is 0 Å². The largest absolute Gasteiger partial charge is 0.318 e. The van der Waals surface area contributed by atoms with E-state index in [1.807, 2.05) is 14.0 Å². The van der Waals surface area contributed by atoms with Gasteiger partial charge in [-0.1, -0.05) is 6.92 Å². The number of nitrogens with zero attached hydrogens (tertiary/aromatic N) is 3. The molecule has 4 heteroatoms. The van der Waals surface area contributed by atoms with Crippen molar-refractivity contribution >= 4 is 0 Å². The van der Waals surface area contributed by atoms with Crippen LogP contribution in [0.3, 0.4) is 0 Å². The average molecular weight is 180 g/mol. The Labute approximate surface area is 78.4 Å². The molecule has 0 spiro atoms. The van der Waals surface area contributed by atoms with Gasteiger partial charge in [-0.2, -0.15) is 0 Å². The van der Waals surface area contributed by atoms with Gasteiger partial charge < -0.3 is 9.88 Å². The van der Waals surface area contributed by atoms with Crippen LogP contribution in [0.5, 0.6) is 0 Å². The van der Waals surface area contributed by atoms with Crippen molar-refractivity contribution in [2.24, 2.45) is 7.05 Å². The maximum Gasteiger partial charge on any atom is 0.140 e. The molecule has 0 radical (unpaired) electrons. The molecule has 13 heavy (non-hydrogen) atoms. The quantitative estimate of drug-likeness (QED) is 0.679. The fraction of sp³-hybridized carbons (Fsp3) is 0.778. The molecular weight excluding hydrogens is 164 g/mol. The lowest BCUT2D eigenvalue weighted by molar-refractivity contribution is 0.469. The molecule has 1 atom stereocenters. The summed E-state index contributed by atoms with van der Waals surface area (Å²) in [5.74, 6) is 2.10. The molecular formula is C9H16N4. The van der Waals surface area contributed by atoms with Gasteiger partial charge in [0.15, 0.2) is 0 Å². The summed E-state index contributed by atoms with van der Waals surface area (Å²) < 4.78 is 2.09. The number of aryl methyl sites for hydroxylation is 1. The third-order valence-corrected chi connectivity index (χ3v) is 3.00. The molecule has 1 aliphatic heterocycles. The Morgan fingerprint density at radius 3 is 2.69 bits per heavy atom. The summed E-state index contributed by atoms with van der Waals surface area (Å²) in [6.07, 6.45) is 1.15. The Morgan fingerprint density at radius 1 is 1.46 bits per heavy atom. The molecule has 1 aromatic rings. The molecule has 0 amide bonds. The predicted octanol–water partition coefficient (Wildman–Crippen LogP) is 0.375. The first kappa shape index (κ1) is 8.69. The molecule has 1 unspecified atom stereocenters. The molecule has 72 valence electrons. The van der Waals surface area contributed by atoms with Gasteiger partial charge in [0.05, 0.1) is 0 Å². The standard InChI is InChI=1S/C9H16N4/c1-7-11-12-8(13(7)3)9(2)4-5-10-6-9/h10H,4-6H2,1-3H3. The van der Waals surface area contributed by atoms with Crippen LogP contribution in [0.2, 0.25) is 0 Å². The highest BCUT2D eigenvalue weighted by atomic mass is 15.3. The van der Waals surface area contributed by atoms with Crippen molar-refractivity contribution in [3.63, 3.8) is 0 Å². The fourth-order valence-corrected chi connectivity index (χ4v) is 1.94. The molecule has 1 aliphatic rings. The van der Waals surface area contributed by atoms with E-state index in [0.717, 1.165) is 31.2 Å². The molecule has 0 aliphatic carbocycles. The number of rotatable bonds is 1. The lowest BCUT2D eigenvalue weighted by Gasteiger charge is -2.20. The SMILES string of the molecule is Cc1nnc(C2(C)CCNC2)n1C. The summed E-state index contributed by atoms with van der Waals surface area (Å²) in [5, 5.41) is 11.7. The van der Waals surface area contributed by atoms with Crippen molar-refractivity contribution in [1.82, 2.24) is 20.1 Å². The minimum atomic E-state index is 0.177. The van der Waals surface area contributed by atoms with Crippen LogP contribution in [0.15, 0.2) is 0 Å². The van der Waals surface area contributed by atoms with E-state index < -0.39 is 0 Å². The molecule has 4 nitrogen and oxygen atoms in total. The molecule has 0 bridgehead atoms. The van der Waals surface area contributed by atoms with E-state index in [2.05, 4.69) is 27.0 Å². The minimum absolute atomic E-state index is 0.177. The normalized spacial score (nSPS) is 28.2. The predicted molar refractivity (Wildman–Crippen MR) is 50.6 cm³/mol. The third kappa shape index (κ3) is 1.25. The van der Waals surface area contributed by atoms with E-state index in [4.69, 9.17) is 0 Å². The lowest BCUT2D eigenvalue weighted by atomic mass is 9.89. The van der Waals surface area contributed by atoms with E-state index in [-0.39, 0.29) is 5.41 Å². The van der Waals surface area contributed by atoms with Crippen LogP contribution < -0.4 is 5.32 Å². The summed E-state index contributed by atoms with van der Waals surface area (Å²) >= 11 is 0. The van der Waals surface area contributed by atoms with Gasteiger partial charge in [-0.05, 0) is 19.9 Å². The van der Waals surface area contributed by atoms with Gasteiger partial charge in [0, 0.05) is 19.0 Å². The number of aromatic nitrogens is 3. The van der Waals surface area contributed by atoms with Crippen LogP contribution in [-0.2, 0) is 12.5 Å². The van der Waals surface area contributed by atoms with Crippen LogP contribution in [0.1, 0.15) is 25.0 Å². The van der Waals surface area contributed by atoms with Gasteiger partial charge in [-0.3, -0.25) is 0 Å². The van der Waals surface area contributed by atoms with E-state index in [0.29, 0.717) is 0 Å². The first-order valence-corrected chi connectivity index (χ1v) is 4.71. The minimum Gasteiger partial charge on any atom is -0.318 e. The number of hydrogen-bond donors (Lipinski definition) is 1. The summed E-state index contributed by atoms with van der Waals surface area (Å²) in [7, 11) is 2.04. The topological polar surface area (TPSA) is 42.7 Å². The summed E-state index contributed by atoms with van der Waals surface area (Å²) in [5.41, 5.74) is 0.177. The highest BCUT2D eigenvalue weighted by molar-refractivity contribution is 5.11. The average Bonchev–Trinajstić information content (AvgIpc) is 2.63. The first-order chi connectivity index (χ1) is 6.13. The zero-order valence-corrected chi connectivity index (χ0v) is 8.46. The summed E-state index contributed by atoms with van der Waals surface area (Å²) in [4.78, 5) is 0. The second-order valence-electron chi connectivity index (χ2n) is 4.12. The number of nitrogens with one attached hydrogen (secondary N) is 1. The van der Waals surface area contributed by atoms with Crippen molar-refractivity contribution in [1.29, 1.82) is 0 Å². The Morgan fingerprint density at radius 2 is 2.23 bits per heavy atom. The van der Waals surface area contributed by atoms with Crippen molar-refractivity contribution in [3.05, 3.63) is 11.6 Å².